The van der Waals surface area contributed by atoms with Gasteiger partial charge in [0.25, 0.3) is 0 Å². The maximum Gasteiger partial charge on any atom is -0.0215 e. The minimum atomic E-state index is 0.635. The molecule has 0 aromatic carbocycles. The van der Waals surface area contributed by atoms with Crippen LogP contribution in [0.4, 0.5) is 0 Å². The van der Waals surface area contributed by atoms with Gasteiger partial charge >= 0.3 is 0 Å². The second-order valence-corrected chi connectivity index (χ2v) is 5.98. The van der Waals surface area contributed by atoms with E-state index in [9.17, 15) is 0 Å². The minimum absolute atomic E-state index is 0.635. The molecule has 0 saturated heterocycles. The first-order chi connectivity index (χ1) is 6.50. The molecule has 0 amide bonds. The fourth-order valence-electron chi connectivity index (χ4n) is 3.34. The lowest BCUT2D eigenvalue weighted by Gasteiger charge is -2.27. The van der Waals surface area contributed by atoms with Crippen molar-refractivity contribution in [3.8, 4) is 0 Å². The predicted octanol–water partition coefficient (Wildman–Crippen LogP) is 5.03. The Morgan fingerprint density at radius 3 is 2.07 bits per heavy atom. The van der Waals surface area contributed by atoms with Crippen molar-refractivity contribution >= 4 is 0 Å². The van der Waals surface area contributed by atoms with Crippen LogP contribution in [0.15, 0.2) is 0 Å². The smallest absolute Gasteiger partial charge is 0.0215 e. The second kappa shape index (κ2) is 4.24. The van der Waals surface area contributed by atoms with Gasteiger partial charge in [-0.15, -0.1) is 0 Å². The quantitative estimate of drug-likeness (QED) is 0.523. The summed E-state index contributed by atoms with van der Waals surface area (Å²) in [4.78, 5) is 0. The molecule has 0 aliphatic heterocycles. The molecular formula is C14H28. The van der Waals surface area contributed by atoms with E-state index in [-0.39, 0.29) is 0 Å². The monoisotopic (exact) mass is 196 g/mol. The van der Waals surface area contributed by atoms with Gasteiger partial charge in [0.2, 0.25) is 0 Å². The van der Waals surface area contributed by atoms with Crippen LogP contribution in [-0.4, -0.2) is 0 Å². The van der Waals surface area contributed by atoms with Crippen molar-refractivity contribution in [2.75, 3.05) is 0 Å². The lowest BCUT2D eigenvalue weighted by Crippen LogP contribution is -2.18. The standard InChI is InChI=1S/C14H28/c1-6-8-9-10-14(12(3)7-2)11-13(14,4)5/h12H,6-11H2,1-5H3. The number of hydrogen-bond acceptors (Lipinski definition) is 0. The molecule has 0 bridgehead atoms. The van der Waals surface area contributed by atoms with Gasteiger partial charge in [0.15, 0.2) is 0 Å². The summed E-state index contributed by atoms with van der Waals surface area (Å²) >= 11 is 0. The normalized spacial score (nSPS) is 31.5. The van der Waals surface area contributed by atoms with Crippen LogP contribution >= 0.6 is 0 Å². The zero-order valence-corrected chi connectivity index (χ0v) is 10.8. The molecule has 0 aromatic rings. The average molecular weight is 196 g/mol. The van der Waals surface area contributed by atoms with E-state index >= 15 is 0 Å². The highest BCUT2D eigenvalue weighted by Gasteiger charge is 2.61. The van der Waals surface area contributed by atoms with Crippen molar-refractivity contribution in [3.63, 3.8) is 0 Å². The minimum Gasteiger partial charge on any atom is -0.0654 e. The third-order valence-electron chi connectivity index (χ3n) is 4.76. The van der Waals surface area contributed by atoms with Crippen molar-refractivity contribution in [3.05, 3.63) is 0 Å². The van der Waals surface area contributed by atoms with Crippen LogP contribution in [0.2, 0.25) is 0 Å². The lowest BCUT2D eigenvalue weighted by molar-refractivity contribution is 0.229. The van der Waals surface area contributed by atoms with Crippen LogP contribution in [0.5, 0.6) is 0 Å². The van der Waals surface area contributed by atoms with Gasteiger partial charge in [-0.25, -0.2) is 0 Å². The zero-order valence-electron chi connectivity index (χ0n) is 10.8. The molecule has 14 heavy (non-hydrogen) atoms. The topological polar surface area (TPSA) is 0 Å². The summed E-state index contributed by atoms with van der Waals surface area (Å²) in [7, 11) is 0. The summed E-state index contributed by atoms with van der Waals surface area (Å²) in [5.74, 6) is 0.925. The highest BCUT2D eigenvalue weighted by atomic mass is 14.7. The van der Waals surface area contributed by atoms with Gasteiger partial charge in [0, 0.05) is 0 Å². The fourth-order valence-corrected chi connectivity index (χ4v) is 3.34. The van der Waals surface area contributed by atoms with Crippen LogP contribution in [0.25, 0.3) is 0 Å². The van der Waals surface area contributed by atoms with E-state index in [1.807, 2.05) is 0 Å². The Hall–Kier alpha value is 0. The van der Waals surface area contributed by atoms with Gasteiger partial charge < -0.3 is 0 Å². The molecule has 0 heterocycles. The molecule has 84 valence electrons. The van der Waals surface area contributed by atoms with Crippen molar-refractivity contribution in [1.29, 1.82) is 0 Å². The van der Waals surface area contributed by atoms with Gasteiger partial charge in [-0.2, -0.15) is 0 Å². The summed E-state index contributed by atoms with van der Waals surface area (Å²) in [6.07, 6.45) is 8.53. The Bertz CT molecular complexity index is 180. The molecule has 1 aliphatic carbocycles. The van der Waals surface area contributed by atoms with Crippen molar-refractivity contribution < 1.29 is 0 Å². The molecule has 0 nitrogen and oxygen atoms in total. The van der Waals surface area contributed by atoms with Crippen molar-refractivity contribution in [1.82, 2.24) is 0 Å². The molecule has 2 atom stereocenters. The van der Waals surface area contributed by atoms with Crippen molar-refractivity contribution in [2.45, 2.75) is 73.1 Å². The average Bonchev–Trinajstić information content (AvgIpc) is 2.69. The fraction of sp³-hybridized carbons (Fsp3) is 1.00. The first kappa shape index (κ1) is 12.1. The SMILES string of the molecule is CCCCCC1(C(C)CC)CC1(C)C. The Kier molecular flexibility index (Phi) is 3.66. The molecule has 0 spiro atoms. The van der Waals surface area contributed by atoms with Crippen molar-refractivity contribution in [2.24, 2.45) is 16.7 Å². The van der Waals surface area contributed by atoms with Crippen LogP contribution in [0, 0.1) is 16.7 Å². The van der Waals surface area contributed by atoms with Gasteiger partial charge in [-0.3, -0.25) is 0 Å². The van der Waals surface area contributed by atoms with Crippen LogP contribution in [-0.2, 0) is 0 Å². The van der Waals surface area contributed by atoms with E-state index in [1.165, 1.54) is 38.5 Å². The van der Waals surface area contributed by atoms with Gasteiger partial charge in [-0.1, -0.05) is 60.3 Å². The molecule has 0 aromatic heterocycles. The third kappa shape index (κ3) is 1.99. The molecular weight excluding hydrogens is 168 g/mol. The van der Waals surface area contributed by atoms with E-state index in [1.54, 1.807) is 0 Å². The van der Waals surface area contributed by atoms with Gasteiger partial charge in [-0.05, 0) is 29.6 Å². The summed E-state index contributed by atoms with van der Waals surface area (Å²) in [6, 6.07) is 0. The molecule has 1 saturated carbocycles. The first-order valence-electron chi connectivity index (χ1n) is 6.50. The zero-order chi connectivity index (χ0) is 10.8. The Morgan fingerprint density at radius 2 is 1.71 bits per heavy atom. The first-order valence-corrected chi connectivity index (χ1v) is 6.50. The predicted molar refractivity (Wildman–Crippen MR) is 64.4 cm³/mol. The molecule has 1 aliphatic rings. The van der Waals surface area contributed by atoms with E-state index in [4.69, 9.17) is 0 Å². The maximum atomic E-state index is 2.46. The van der Waals surface area contributed by atoms with E-state index < -0.39 is 0 Å². The summed E-state index contributed by atoms with van der Waals surface area (Å²) < 4.78 is 0. The van der Waals surface area contributed by atoms with E-state index in [0.29, 0.717) is 10.8 Å². The summed E-state index contributed by atoms with van der Waals surface area (Å²) in [6.45, 7) is 12.0. The lowest BCUT2D eigenvalue weighted by atomic mass is 9.78. The highest BCUT2D eigenvalue weighted by molar-refractivity contribution is 5.11. The Balaban J connectivity index is 2.49. The maximum absolute atomic E-state index is 2.46. The third-order valence-corrected chi connectivity index (χ3v) is 4.76. The molecule has 0 heteroatoms. The molecule has 0 N–H and O–H groups in total. The summed E-state index contributed by atoms with van der Waals surface area (Å²) in [5, 5.41) is 0. The summed E-state index contributed by atoms with van der Waals surface area (Å²) in [5.41, 5.74) is 1.34. The van der Waals surface area contributed by atoms with E-state index in [0.717, 1.165) is 5.92 Å². The Labute approximate surface area is 90.5 Å². The highest BCUT2D eigenvalue weighted by Crippen LogP contribution is 2.70. The second-order valence-electron chi connectivity index (χ2n) is 5.98. The van der Waals surface area contributed by atoms with Crippen LogP contribution in [0.3, 0.4) is 0 Å². The van der Waals surface area contributed by atoms with E-state index in [2.05, 4.69) is 34.6 Å². The molecule has 1 fully saturated rings. The number of unbranched alkanes of at least 4 members (excludes halogenated alkanes) is 2. The van der Waals surface area contributed by atoms with Crippen LogP contribution in [0.1, 0.15) is 73.1 Å². The van der Waals surface area contributed by atoms with Crippen LogP contribution < -0.4 is 0 Å². The largest absolute Gasteiger partial charge is 0.0654 e. The molecule has 1 rings (SSSR count). The molecule has 2 unspecified atom stereocenters. The van der Waals surface area contributed by atoms with Gasteiger partial charge in [0.1, 0.15) is 0 Å². The number of rotatable bonds is 6. The molecule has 0 radical (unpaired) electrons. The Morgan fingerprint density at radius 1 is 1.14 bits per heavy atom. The van der Waals surface area contributed by atoms with Gasteiger partial charge in [0.05, 0.1) is 0 Å². The number of hydrogen-bond donors (Lipinski definition) is 0.